The van der Waals surface area contributed by atoms with Crippen LogP contribution in [0.3, 0.4) is 0 Å². The first-order chi connectivity index (χ1) is 21.2. The maximum absolute atomic E-state index is 4.61. The van der Waals surface area contributed by atoms with Crippen LogP contribution in [0.5, 0.6) is 0 Å². The summed E-state index contributed by atoms with van der Waals surface area (Å²) in [4.78, 5) is 4.61. The molecule has 0 aromatic heterocycles. The number of nitrogens with zero attached hydrogens (tertiary/aromatic N) is 1. The van der Waals surface area contributed by atoms with Gasteiger partial charge >= 0.3 is 0 Å². The van der Waals surface area contributed by atoms with Crippen molar-refractivity contribution in [3.05, 3.63) is 163 Å². The predicted octanol–water partition coefficient (Wildman–Crippen LogP) is 11.1. The van der Waals surface area contributed by atoms with E-state index in [9.17, 15) is 0 Å². The summed E-state index contributed by atoms with van der Waals surface area (Å²) < 4.78 is 0. The van der Waals surface area contributed by atoms with Crippen molar-refractivity contribution >= 4 is 32.8 Å². The summed E-state index contributed by atoms with van der Waals surface area (Å²) in [5.74, 6) is 0. The minimum atomic E-state index is 0.965. The molecular formula is C42H29N. The lowest BCUT2D eigenvalue weighted by atomic mass is 9.80. The molecule has 0 N–H and O–H groups in total. The summed E-state index contributed by atoms with van der Waals surface area (Å²) in [7, 11) is 1.85. The fourth-order valence-corrected chi connectivity index (χ4v) is 6.63. The van der Waals surface area contributed by atoms with Crippen LogP contribution >= 0.6 is 0 Å². The lowest BCUT2D eigenvalue weighted by Crippen LogP contribution is -2.12. The van der Waals surface area contributed by atoms with Crippen LogP contribution in [0, 0.1) is 0 Å². The van der Waals surface area contributed by atoms with Gasteiger partial charge in [-0.25, -0.2) is 0 Å². The van der Waals surface area contributed by atoms with E-state index in [0.29, 0.717) is 0 Å². The maximum Gasteiger partial charge on any atom is 0.0722 e. The molecule has 1 aliphatic carbocycles. The van der Waals surface area contributed by atoms with Gasteiger partial charge in [-0.1, -0.05) is 128 Å². The van der Waals surface area contributed by atoms with E-state index < -0.39 is 0 Å². The van der Waals surface area contributed by atoms with E-state index in [2.05, 4.69) is 157 Å². The molecule has 0 heterocycles. The Morgan fingerprint density at radius 2 is 0.930 bits per heavy atom. The SMILES string of the molecule is C=C1C(=NC)c2ccccc2-c2ccc(-c3cccc(-c4cccc(-c5ccc6c(ccc7ccccc76)c5)c4)c3)cc21. The molecule has 0 atom stereocenters. The van der Waals surface area contributed by atoms with E-state index in [0.717, 1.165) is 22.4 Å². The fraction of sp³-hybridized carbons (Fsp3) is 0.0238. The smallest absolute Gasteiger partial charge is 0.0722 e. The van der Waals surface area contributed by atoms with E-state index in [1.54, 1.807) is 0 Å². The summed E-state index contributed by atoms with van der Waals surface area (Å²) in [6.07, 6.45) is 0. The molecule has 8 rings (SSSR count). The van der Waals surface area contributed by atoms with Gasteiger partial charge in [-0.2, -0.15) is 0 Å². The molecule has 43 heavy (non-hydrogen) atoms. The van der Waals surface area contributed by atoms with Gasteiger partial charge in [-0.15, -0.1) is 0 Å². The average Bonchev–Trinajstić information content (AvgIpc) is 3.08. The largest absolute Gasteiger partial charge is 0.287 e. The summed E-state index contributed by atoms with van der Waals surface area (Å²) in [6, 6.07) is 52.8. The van der Waals surface area contributed by atoms with E-state index >= 15 is 0 Å². The Kier molecular flexibility index (Phi) is 5.91. The standard InChI is InChI=1S/C42H29N/c1-27-41-26-34(20-22-39(41)38-15-5-6-16-40(38)42(27)43-2)32-13-8-11-30(24-32)29-10-7-12-31(23-29)33-19-21-37-35(25-33)18-17-28-9-3-4-14-36(28)37/h3-26H,1H2,2H3. The van der Waals surface area contributed by atoms with Crippen molar-refractivity contribution < 1.29 is 0 Å². The van der Waals surface area contributed by atoms with Gasteiger partial charge in [0.1, 0.15) is 0 Å². The second kappa shape index (κ2) is 10.1. The summed E-state index contributed by atoms with van der Waals surface area (Å²) in [5, 5.41) is 5.12. The van der Waals surface area contributed by atoms with Gasteiger partial charge < -0.3 is 0 Å². The molecule has 1 heteroatoms. The van der Waals surface area contributed by atoms with Gasteiger partial charge in [0.15, 0.2) is 0 Å². The van der Waals surface area contributed by atoms with E-state index in [-0.39, 0.29) is 0 Å². The quantitative estimate of drug-likeness (QED) is 0.195. The highest BCUT2D eigenvalue weighted by molar-refractivity contribution is 6.36. The molecule has 0 radical (unpaired) electrons. The zero-order valence-electron chi connectivity index (χ0n) is 24.0. The Morgan fingerprint density at radius 3 is 1.65 bits per heavy atom. The summed E-state index contributed by atoms with van der Waals surface area (Å²) in [6.45, 7) is 4.45. The molecule has 0 fully saturated rings. The normalized spacial score (nSPS) is 13.3. The van der Waals surface area contributed by atoms with Crippen LogP contribution < -0.4 is 0 Å². The number of fused-ring (bicyclic) bond motifs is 6. The first-order valence-electron chi connectivity index (χ1n) is 14.7. The fourth-order valence-electron chi connectivity index (χ4n) is 6.63. The molecule has 1 aliphatic rings. The third kappa shape index (κ3) is 4.21. The van der Waals surface area contributed by atoms with Gasteiger partial charge in [0, 0.05) is 18.2 Å². The Bertz CT molecular complexity index is 2270. The minimum Gasteiger partial charge on any atom is -0.287 e. The van der Waals surface area contributed by atoms with Crippen LogP contribution in [0.1, 0.15) is 11.1 Å². The van der Waals surface area contributed by atoms with Gasteiger partial charge in [0.05, 0.1) is 5.71 Å². The van der Waals surface area contributed by atoms with Crippen LogP contribution in [0.2, 0.25) is 0 Å². The van der Waals surface area contributed by atoms with Crippen molar-refractivity contribution in [1.29, 1.82) is 0 Å². The monoisotopic (exact) mass is 547 g/mol. The third-order valence-corrected chi connectivity index (χ3v) is 8.80. The van der Waals surface area contributed by atoms with Crippen LogP contribution in [0.4, 0.5) is 0 Å². The van der Waals surface area contributed by atoms with Gasteiger partial charge in [0.2, 0.25) is 0 Å². The van der Waals surface area contributed by atoms with Crippen LogP contribution in [0.15, 0.2) is 157 Å². The number of hydrogen-bond donors (Lipinski definition) is 0. The second-order valence-corrected chi connectivity index (χ2v) is 11.2. The van der Waals surface area contributed by atoms with E-state index in [4.69, 9.17) is 0 Å². The average molecular weight is 548 g/mol. The summed E-state index contributed by atoms with van der Waals surface area (Å²) in [5.41, 5.74) is 13.9. The zero-order chi connectivity index (χ0) is 28.9. The van der Waals surface area contributed by atoms with Gasteiger partial charge in [0.25, 0.3) is 0 Å². The lowest BCUT2D eigenvalue weighted by molar-refractivity contribution is 1.42. The van der Waals surface area contributed by atoms with Gasteiger partial charge in [-0.3, -0.25) is 4.99 Å². The van der Waals surface area contributed by atoms with Crippen LogP contribution in [-0.2, 0) is 0 Å². The number of aliphatic imine (C=N–C) groups is 1. The third-order valence-electron chi connectivity index (χ3n) is 8.80. The van der Waals surface area contributed by atoms with Crippen LogP contribution in [-0.4, -0.2) is 12.8 Å². The maximum atomic E-state index is 4.61. The number of hydrogen-bond acceptors (Lipinski definition) is 1. The first kappa shape index (κ1) is 25.2. The second-order valence-electron chi connectivity index (χ2n) is 11.2. The molecule has 0 saturated heterocycles. The molecule has 7 aromatic carbocycles. The highest BCUT2D eigenvalue weighted by Gasteiger charge is 2.24. The van der Waals surface area contributed by atoms with Crippen molar-refractivity contribution in [3.8, 4) is 44.5 Å². The Hall–Kier alpha value is -5.53. The lowest BCUT2D eigenvalue weighted by Gasteiger charge is -2.24. The van der Waals surface area contributed by atoms with Crippen molar-refractivity contribution in [2.24, 2.45) is 4.99 Å². The Balaban J connectivity index is 1.16. The predicted molar refractivity (Wildman–Crippen MR) is 185 cm³/mol. The van der Waals surface area contributed by atoms with Crippen molar-refractivity contribution in [2.45, 2.75) is 0 Å². The topological polar surface area (TPSA) is 12.4 Å². The number of rotatable bonds is 3. The number of benzene rings is 7. The zero-order valence-corrected chi connectivity index (χ0v) is 24.0. The molecule has 7 aromatic rings. The Morgan fingerprint density at radius 1 is 0.395 bits per heavy atom. The molecule has 1 nitrogen and oxygen atoms in total. The molecule has 0 aliphatic heterocycles. The van der Waals surface area contributed by atoms with E-state index in [1.807, 2.05) is 7.05 Å². The molecule has 0 saturated carbocycles. The van der Waals surface area contributed by atoms with Crippen molar-refractivity contribution in [1.82, 2.24) is 0 Å². The molecular weight excluding hydrogens is 518 g/mol. The minimum absolute atomic E-state index is 0.965. The van der Waals surface area contributed by atoms with Crippen molar-refractivity contribution in [3.63, 3.8) is 0 Å². The van der Waals surface area contributed by atoms with E-state index in [1.165, 1.54) is 66.1 Å². The number of allylic oxidation sites excluding steroid dienone is 1. The van der Waals surface area contributed by atoms with Crippen LogP contribution in [0.25, 0.3) is 71.6 Å². The van der Waals surface area contributed by atoms with Gasteiger partial charge in [-0.05, 0) is 95.9 Å². The Labute approximate surface area is 252 Å². The molecule has 0 unspecified atom stereocenters. The molecule has 0 spiro atoms. The first-order valence-corrected chi connectivity index (χ1v) is 14.7. The summed E-state index contributed by atoms with van der Waals surface area (Å²) >= 11 is 0. The molecule has 0 amide bonds. The highest BCUT2D eigenvalue weighted by atomic mass is 14.7. The molecule has 202 valence electrons. The van der Waals surface area contributed by atoms with Crippen molar-refractivity contribution in [2.75, 3.05) is 7.05 Å². The molecule has 0 bridgehead atoms. The highest BCUT2D eigenvalue weighted by Crippen LogP contribution is 2.41.